The van der Waals surface area contributed by atoms with E-state index in [9.17, 15) is 26.7 Å². The molecule has 0 saturated heterocycles. The summed E-state index contributed by atoms with van der Waals surface area (Å²) >= 11 is 0. The Labute approximate surface area is 202 Å². The van der Waals surface area contributed by atoms with Gasteiger partial charge in [-0.3, -0.25) is 14.5 Å². The van der Waals surface area contributed by atoms with Crippen molar-refractivity contribution in [1.29, 1.82) is 0 Å². The lowest BCUT2D eigenvalue weighted by atomic mass is 9.90. The molecule has 5 rings (SSSR count). The summed E-state index contributed by atoms with van der Waals surface area (Å²) in [6, 6.07) is 9.10. The molecular weight excluding hydrogens is 494 g/mol. The van der Waals surface area contributed by atoms with Crippen LogP contribution in [-0.2, 0) is 31.4 Å². The summed E-state index contributed by atoms with van der Waals surface area (Å²) in [7, 11) is -7.92. The van der Waals surface area contributed by atoms with Crippen LogP contribution in [0.25, 0.3) is 0 Å². The molecule has 1 saturated carbocycles. The number of fused-ring (bicyclic) bond motifs is 2. The Kier molecular flexibility index (Phi) is 5.55. The van der Waals surface area contributed by atoms with Gasteiger partial charge < -0.3 is 15.3 Å². The molecule has 1 aliphatic carbocycles. The molecule has 1 aromatic carbocycles. The number of amidine groups is 1. The van der Waals surface area contributed by atoms with Gasteiger partial charge in [-0.05, 0) is 43.2 Å². The number of aliphatic hydroxyl groups excluding tert-OH is 1. The van der Waals surface area contributed by atoms with E-state index < -0.39 is 26.0 Å². The molecule has 2 unspecified atom stereocenters. The van der Waals surface area contributed by atoms with E-state index in [1.807, 2.05) is 6.07 Å². The minimum atomic E-state index is -4.30. The van der Waals surface area contributed by atoms with Gasteiger partial charge in [0.15, 0.2) is 5.84 Å². The maximum Gasteiger partial charge on any atom is 0.286 e. The third kappa shape index (κ3) is 4.36. The van der Waals surface area contributed by atoms with Crippen LogP contribution in [0.1, 0.15) is 25.0 Å². The number of aliphatic hydroxyl groups is 1. The molecule has 0 bridgehead atoms. The van der Waals surface area contributed by atoms with Gasteiger partial charge in [-0.25, -0.2) is 8.42 Å². The standard InChI is InChI=1S/C22H23N5O6S2/c1-34(30,31)25-13-8-9-16-18(11-13)35(32,33)26-21(24-16)19-20(28)15-6-4-7-17(15)27(22(19)29)12-14-5-2-3-10-23-14/h2-3,5,8-11,15,17,25,28H,4,6-7,12H2,1H3,(H,24,26). The van der Waals surface area contributed by atoms with Crippen molar-refractivity contribution in [3.05, 3.63) is 59.6 Å². The van der Waals surface area contributed by atoms with E-state index >= 15 is 0 Å². The highest BCUT2D eigenvalue weighted by molar-refractivity contribution is 7.92. The summed E-state index contributed by atoms with van der Waals surface area (Å²) in [6.07, 6.45) is 4.77. The smallest absolute Gasteiger partial charge is 0.286 e. The van der Waals surface area contributed by atoms with E-state index in [2.05, 4.69) is 19.4 Å². The first-order valence-corrected chi connectivity index (χ1v) is 14.2. The van der Waals surface area contributed by atoms with Crippen molar-refractivity contribution in [3.63, 3.8) is 0 Å². The molecule has 0 radical (unpaired) electrons. The molecule has 1 fully saturated rings. The van der Waals surface area contributed by atoms with Crippen LogP contribution in [-0.4, -0.2) is 55.9 Å². The topological polar surface area (TPSA) is 158 Å². The summed E-state index contributed by atoms with van der Waals surface area (Å²) in [4.78, 5) is 19.3. The number of rotatable bonds is 5. The Balaban J connectivity index is 1.54. The molecule has 2 aliphatic heterocycles. The monoisotopic (exact) mass is 517 g/mol. The number of nitrogens with zero attached hydrogens (tertiary/aromatic N) is 3. The number of carbonyl (C=O) groups is 1. The molecule has 3 aliphatic rings. The van der Waals surface area contributed by atoms with E-state index in [0.29, 0.717) is 12.1 Å². The van der Waals surface area contributed by atoms with Gasteiger partial charge in [0.05, 0.1) is 24.2 Å². The van der Waals surface area contributed by atoms with Crippen LogP contribution in [0.2, 0.25) is 0 Å². The molecular formula is C22H23N5O6S2. The number of pyridine rings is 1. The second-order valence-electron chi connectivity index (χ2n) is 8.74. The number of benzene rings is 1. The Hall–Kier alpha value is -3.45. The number of sulfonamides is 2. The Morgan fingerprint density at radius 3 is 2.74 bits per heavy atom. The summed E-state index contributed by atoms with van der Waals surface area (Å²) in [5.74, 6) is -1.30. The summed E-state index contributed by atoms with van der Waals surface area (Å²) in [6.45, 7) is 0.217. The number of nitrogens with one attached hydrogen (secondary N) is 2. The zero-order valence-corrected chi connectivity index (χ0v) is 20.3. The van der Waals surface area contributed by atoms with Crippen LogP contribution < -0.4 is 10.0 Å². The first-order chi connectivity index (χ1) is 16.5. The van der Waals surface area contributed by atoms with Crippen LogP contribution in [0.5, 0.6) is 0 Å². The number of hydrogen-bond acceptors (Lipinski definition) is 8. The average Bonchev–Trinajstić information content (AvgIpc) is 3.27. The SMILES string of the molecule is CS(=O)(=O)Nc1ccc2c(c1)S(=O)(=O)N=C(C1=C(O)C3CCCC3N(Cc3ccccn3)C1=O)N2. The van der Waals surface area contributed by atoms with Gasteiger partial charge in [-0.2, -0.15) is 8.42 Å². The highest BCUT2D eigenvalue weighted by Crippen LogP contribution is 2.42. The minimum Gasteiger partial charge on any atom is -0.511 e. The highest BCUT2D eigenvalue weighted by atomic mass is 32.2. The first-order valence-electron chi connectivity index (χ1n) is 10.9. The van der Waals surface area contributed by atoms with Crippen LogP contribution in [0, 0.1) is 5.92 Å². The Morgan fingerprint density at radius 2 is 2.03 bits per heavy atom. The zero-order valence-electron chi connectivity index (χ0n) is 18.7. The van der Waals surface area contributed by atoms with Crippen LogP contribution in [0.4, 0.5) is 11.4 Å². The van der Waals surface area contributed by atoms with Gasteiger partial charge in [-0.15, -0.1) is 4.40 Å². The number of hydrogen-bond donors (Lipinski definition) is 3. The molecule has 35 heavy (non-hydrogen) atoms. The quantitative estimate of drug-likeness (QED) is 0.543. The minimum absolute atomic E-state index is 0.0569. The third-order valence-corrected chi connectivity index (χ3v) is 8.21. The van der Waals surface area contributed by atoms with E-state index in [1.165, 1.54) is 12.1 Å². The van der Waals surface area contributed by atoms with E-state index in [4.69, 9.17) is 0 Å². The third-order valence-electron chi connectivity index (χ3n) is 6.28. The Bertz CT molecular complexity index is 1490. The number of carbonyl (C=O) groups excluding carboxylic acids is 1. The number of aromatic nitrogens is 1. The van der Waals surface area contributed by atoms with Gasteiger partial charge >= 0.3 is 0 Å². The van der Waals surface area contributed by atoms with E-state index in [-0.39, 0.29) is 51.9 Å². The molecule has 184 valence electrons. The first kappa shape index (κ1) is 23.3. The second-order valence-corrected chi connectivity index (χ2v) is 12.1. The fourth-order valence-corrected chi connectivity index (χ4v) is 6.55. The van der Waals surface area contributed by atoms with Crippen molar-refractivity contribution in [3.8, 4) is 0 Å². The molecule has 13 heteroatoms. The molecule has 1 amide bonds. The van der Waals surface area contributed by atoms with Gasteiger partial charge in [0, 0.05) is 23.8 Å². The molecule has 2 aromatic rings. The van der Waals surface area contributed by atoms with Gasteiger partial charge in [0.2, 0.25) is 10.0 Å². The van der Waals surface area contributed by atoms with Crippen LogP contribution in [0.3, 0.4) is 0 Å². The summed E-state index contributed by atoms with van der Waals surface area (Å²) in [5.41, 5.74) is 0.666. The zero-order chi connectivity index (χ0) is 25.0. The fourth-order valence-electron chi connectivity index (χ4n) is 4.84. The highest BCUT2D eigenvalue weighted by Gasteiger charge is 2.46. The van der Waals surface area contributed by atoms with Crippen molar-refractivity contribution in [2.45, 2.75) is 36.7 Å². The maximum atomic E-state index is 13.6. The lowest BCUT2D eigenvalue weighted by Crippen LogP contribution is -2.49. The van der Waals surface area contributed by atoms with Crippen molar-refractivity contribution >= 4 is 43.2 Å². The molecule has 11 nitrogen and oxygen atoms in total. The van der Waals surface area contributed by atoms with Gasteiger partial charge in [0.25, 0.3) is 15.9 Å². The van der Waals surface area contributed by atoms with Gasteiger partial charge in [-0.1, -0.05) is 12.5 Å². The average molecular weight is 518 g/mol. The lowest BCUT2D eigenvalue weighted by Gasteiger charge is -2.38. The fraction of sp³-hybridized carbons (Fsp3) is 0.318. The van der Waals surface area contributed by atoms with Crippen LogP contribution >= 0.6 is 0 Å². The van der Waals surface area contributed by atoms with Crippen molar-refractivity contribution in [2.24, 2.45) is 10.3 Å². The van der Waals surface area contributed by atoms with Crippen LogP contribution in [0.15, 0.2) is 63.2 Å². The summed E-state index contributed by atoms with van der Waals surface area (Å²) in [5, 5.41) is 13.9. The number of amides is 1. The maximum absolute atomic E-state index is 13.6. The lowest BCUT2D eigenvalue weighted by molar-refractivity contribution is -0.132. The van der Waals surface area contributed by atoms with Crippen molar-refractivity contribution < 1.29 is 26.7 Å². The predicted molar refractivity (Wildman–Crippen MR) is 129 cm³/mol. The summed E-state index contributed by atoms with van der Waals surface area (Å²) < 4.78 is 55.1. The molecule has 1 aromatic heterocycles. The van der Waals surface area contributed by atoms with Crippen molar-refractivity contribution in [2.75, 3.05) is 16.3 Å². The largest absolute Gasteiger partial charge is 0.511 e. The van der Waals surface area contributed by atoms with Gasteiger partial charge in [0.1, 0.15) is 16.2 Å². The molecule has 3 heterocycles. The molecule has 2 atom stereocenters. The molecule has 3 N–H and O–H groups in total. The second kappa shape index (κ2) is 8.34. The Morgan fingerprint density at radius 1 is 1.23 bits per heavy atom. The predicted octanol–water partition coefficient (Wildman–Crippen LogP) is 1.99. The van der Waals surface area contributed by atoms with E-state index in [0.717, 1.165) is 25.2 Å². The normalized spacial score (nSPS) is 23.3. The van der Waals surface area contributed by atoms with Crippen molar-refractivity contribution in [1.82, 2.24) is 9.88 Å². The molecule has 0 spiro atoms. The number of anilines is 2. The van der Waals surface area contributed by atoms with E-state index in [1.54, 1.807) is 23.2 Å².